The molecule has 0 heterocycles. The summed E-state index contributed by atoms with van der Waals surface area (Å²) in [6, 6.07) is 6.40. The fraction of sp³-hybridized carbons (Fsp3) is 0.250. The molecule has 60 valence electrons. The molecule has 0 fully saturated rings. The third-order valence-electron chi connectivity index (χ3n) is 1.38. The number of halogens is 2. The zero-order chi connectivity index (χ0) is 8.10. The van der Waals surface area contributed by atoms with Crippen LogP contribution in [0.5, 0.6) is 0 Å². The van der Waals surface area contributed by atoms with Gasteiger partial charge in [-0.2, -0.15) is 0 Å². The summed E-state index contributed by atoms with van der Waals surface area (Å²) in [5, 5.41) is 0. The lowest BCUT2D eigenvalue weighted by atomic mass is 10.2. The SMILES string of the molecule is Fc1ccc(CCOBr)cc1. The molecule has 1 nitrogen and oxygen atoms in total. The van der Waals surface area contributed by atoms with Gasteiger partial charge in [0.2, 0.25) is 0 Å². The molecule has 1 aromatic carbocycles. The second-order valence-corrected chi connectivity index (χ2v) is 2.65. The molecule has 0 aliphatic carbocycles. The third kappa shape index (κ3) is 2.99. The average molecular weight is 219 g/mol. The fourth-order valence-electron chi connectivity index (χ4n) is 0.808. The number of hydrogen-bond donors (Lipinski definition) is 0. The molecular weight excluding hydrogens is 211 g/mol. The number of rotatable bonds is 3. The molecule has 0 N–H and O–H groups in total. The first kappa shape index (κ1) is 8.68. The summed E-state index contributed by atoms with van der Waals surface area (Å²) < 4.78 is 17.1. The minimum Gasteiger partial charge on any atom is -0.308 e. The molecule has 0 unspecified atom stereocenters. The van der Waals surface area contributed by atoms with Gasteiger partial charge in [0.15, 0.2) is 0 Å². The lowest BCUT2D eigenvalue weighted by Gasteiger charge is -1.97. The summed E-state index contributed by atoms with van der Waals surface area (Å²) in [7, 11) is 0. The van der Waals surface area contributed by atoms with Crippen LogP contribution in [-0.2, 0) is 10.2 Å². The maximum Gasteiger partial charge on any atom is 0.123 e. The molecule has 0 bridgehead atoms. The minimum absolute atomic E-state index is 0.200. The standard InChI is InChI=1S/C8H8BrFO/c9-11-6-5-7-1-3-8(10)4-2-7/h1-4H,5-6H2. The van der Waals surface area contributed by atoms with Crippen molar-refractivity contribution in [1.82, 2.24) is 0 Å². The van der Waals surface area contributed by atoms with E-state index in [1.165, 1.54) is 12.1 Å². The monoisotopic (exact) mass is 218 g/mol. The predicted octanol–water partition coefficient (Wildman–Crippen LogP) is 2.69. The molecule has 0 amide bonds. The zero-order valence-electron chi connectivity index (χ0n) is 5.89. The molecule has 0 saturated carbocycles. The fourth-order valence-corrected chi connectivity index (χ4v) is 0.969. The normalized spacial score (nSPS) is 10.0. The lowest BCUT2D eigenvalue weighted by molar-refractivity contribution is 0.401. The largest absolute Gasteiger partial charge is 0.308 e. The lowest BCUT2D eigenvalue weighted by Crippen LogP contribution is -1.90. The van der Waals surface area contributed by atoms with E-state index < -0.39 is 0 Å². The van der Waals surface area contributed by atoms with Crippen molar-refractivity contribution in [1.29, 1.82) is 0 Å². The van der Waals surface area contributed by atoms with Gasteiger partial charge in [-0.25, -0.2) is 4.39 Å². The molecule has 0 atom stereocenters. The molecular formula is C8H8BrFO. The van der Waals surface area contributed by atoms with E-state index in [9.17, 15) is 4.39 Å². The quantitative estimate of drug-likeness (QED) is 0.759. The Labute approximate surface area is 73.6 Å². The maximum atomic E-state index is 12.4. The Morgan fingerprint density at radius 3 is 2.45 bits per heavy atom. The van der Waals surface area contributed by atoms with Crippen molar-refractivity contribution in [3.05, 3.63) is 35.6 Å². The Bertz CT molecular complexity index is 210. The summed E-state index contributed by atoms with van der Waals surface area (Å²) in [5.74, 6) is -0.200. The minimum atomic E-state index is -0.200. The van der Waals surface area contributed by atoms with E-state index >= 15 is 0 Å². The third-order valence-corrected chi connectivity index (χ3v) is 1.70. The Kier molecular flexibility index (Phi) is 3.52. The van der Waals surface area contributed by atoms with Gasteiger partial charge in [-0.1, -0.05) is 12.1 Å². The highest BCUT2D eigenvalue weighted by Gasteiger charge is 1.92. The molecule has 3 heteroatoms. The van der Waals surface area contributed by atoms with Crippen LogP contribution in [0.1, 0.15) is 5.56 Å². The van der Waals surface area contributed by atoms with Crippen molar-refractivity contribution in [3.8, 4) is 0 Å². The van der Waals surface area contributed by atoms with Crippen molar-refractivity contribution in [2.24, 2.45) is 0 Å². The molecule has 0 aliphatic rings. The second-order valence-electron chi connectivity index (χ2n) is 2.19. The van der Waals surface area contributed by atoms with Gasteiger partial charge >= 0.3 is 0 Å². The highest BCUT2D eigenvalue weighted by atomic mass is 79.9. The van der Waals surface area contributed by atoms with E-state index in [1.807, 2.05) is 0 Å². The van der Waals surface area contributed by atoms with Crippen LogP contribution in [0.25, 0.3) is 0 Å². The van der Waals surface area contributed by atoms with Crippen molar-refractivity contribution in [2.75, 3.05) is 6.61 Å². The summed E-state index contributed by atoms with van der Waals surface area (Å²) in [5.41, 5.74) is 1.07. The van der Waals surface area contributed by atoms with E-state index in [2.05, 4.69) is 16.3 Å². The summed E-state index contributed by atoms with van der Waals surface area (Å²) in [6.07, 6.45) is 0.797. The van der Waals surface area contributed by atoms with Gasteiger partial charge in [0, 0.05) is 0 Å². The Hall–Kier alpha value is -0.410. The Morgan fingerprint density at radius 1 is 1.27 bits per heavy atom. The highest BCUT2D eigenvalue weighted by molar-refractivity contribution is 9.06. The van der Waals surface area contributed by atoms with Crippen LogP contribution < -0.4 is 0 Å². The van der Waals surface area contributed by atoms with Gasteiger partial charge in [0.05, 0.1) is 22.9 Å². The van der Waals surface area contributed by atoms with E-state index in [4.69, 9.17) is 3.83 Å². The van der Waals surface area contributed by atoms with Crippen LogP contribution in [-0.4, -0.2) is 6.61 Å². The van der Waals surface area contributed by atoms with E-state index in [0.717, 1.165) is 12.0 Å². The van der Waals surface area contributed by atoms with Crippen molar-refractivity contribution in [2.45, 2.75) is 6.42 Å². The predicted molar refractivity (Wildman–Crippen MR) is 45.0 cm³/mol. The first-order valence-electron chi connectivity index (χ1n) is 3.31. The van der Waals surface area contributed by atoms with Gasteiger partial charge < -0.3 is 3.83 Å². The molecule has 0 saturated heterocycles. The first-order chi connectivity index (χ1) is 5.33. The van der Waals surface area contributed by atoms with Gasteiger partial charge in [0.25, 0.3) is 0 Å². The molecule has 1 rings (SSSR count). The van der Waals surface area contributed by atoms with E-state index in [0.29, 0.717) is 6.61 Å². The molecule has 0 spiro atoms. The molecule has 0 radical (unpaired) electrons. The summed E-state index contributed by atoms with van der Waals surface area (Å²) >= 11 is 2.85. The zero-order valence-corrected chi connectivity index (χ0v) is 7.47. The van der Waals surface area contributed by atoms with Crippen LogP contribution in [0.4, 0.5) is 4.39 Å². The molecule has 0 aliphatic heterocycles. The van der Waals surface area contributed by atoms with Crippen molar-refractivity contribution in [3.63, 3.8) is 0 Å². The van der Waals surface area contributed by atoms with Crippen LogP contribution in [0.2, 0.25) is 0 Å². The van der Waals surface area contributed by atoms with Crippen molar-refractivity contribution < 1.29 is 8.22 Å². The second kappa shape index (κ2) is 4.46. The van der Waals surface area contributed by atoms with E-state index in [1.54, 1.807) is 12.1 Å². The first-order valence-corrected chi connectivity index (χ1v) is 3.95. The van der Waals surface area contributed by atoms with Crippen molar-refractivity contribution >= 4 is 16.3 Å². The van der Waals surface area contributed by atoms with Crippen LogP contribution in [0.3, 0.4) is 0 Å². The van der Waals surface area contributed by atoms with E-state index in [-0.39, 0.29) is 5.82 Å². The highest BCUT2D eigenvalue weighted by Crippen LogP contribution is 2.03. The Balaban J connectivity index is 2.52. The van der Waals surface area contributed by atoms with Gasteiger partial charge in [-0.3, -0.25) is 0 Å². The van der Waals surface area contributed by atoms with Gasteiger partial charge in [-0.05, 0) is 24.1 Å². The summed E-state index contributed by atoms with van der Waals surface area (Å²) in [4.78, 5) is 0. The number of hydrogen-bond acceptors (Lipinski definition) is 1. The van der Waals surface area contributed by atoms with Gasteiger partial charge in [0.1, 0.15) is 5.82 Å². The smallest absolute Gasteiger partial charge is 0.123 e. The molecule has 11 heavy (non-hydrogen) atoms. The molecule has 1 aromatic rings. The number of benzene rings is 1. The van der Waals surface area contributed by atoms with Crippen LogP contribution in [0.15, 0.2) is 24.3 Å². The van der Waals surface area contributed by atoms with Crippen LogP contribution in [0, 0.1) is 5.82 Å². The molecule has 0 aromatic heterocycles. The van der Waals surface area contributed by atoms with Gasteiger partial charge in [-0.15, -0.1) is 0 Å². The topological polar surface area (TPSA) is 9.23 Å². The summed E-state index contributed by atoms with van der Waals surface area (Å²) in [6.45, 7) is 0.603. The maximum absolute atomic E-state index is 12.4. The average Bonchev–Trinajstić information content (AvgIpc) is 2.04. The Morgan fingerprint density at radius 2 is 1.91 bits per heavy atom. The van der Waals surface area contributed by atoms with Crippen LogP contribution >= 0.6 is 16.3 Å².